The van der Waals surface area contributed by atoms with E-state index in [0.29, 0.717) is 19.8 Å². The van der Waals surface area contributed by atoms with E-state index in [1.54, 1.807) is 0 Å². The molecule has 30 heavy (non-hydrogen) atoms. The Kier molecular flexibility index (Phi) is 8.45. The van der Waals surface area contributed by atoms with Gasteiger partial charge in [0.05, 0.1) is 25.5 Å². The lowest BCUT2D eigenvalue weighted by Gasteiger charge is -2.22. The highest BCUT2D eigenvalue weighted by molar-refractivity contribution is 5.26. The predicted octanol–water partition coefficient (Wildman–Crippen LogP) is 2.99. The Hall–Kier alpha value is -2.66. The Labute approximate surface area is 180 Å². The highest BCUT2D eigenvalue weighted by Gasteiger charge is 2.17. The summed E-state index contributed by atoms with van der Waals surface area (Å²) in [6.45, 7) is 10.0. The van der Waals surface area contributed by atoms with Gasteiger partial charge in [0.25, 0.3) is 0 Å². The number of nitrogens with one attached hydrogen (secondary N) is 1. The Bertz CT molecular complexity index is 904. The maximum Gasteiger partial charge on any atom is 0.126 e. The predicted molar refractivity (Wildman–Crippen MR) is 121 cm³/mol. The highest BCUT2D eigenvalue weighted by Crippen LogP contribution is 2.11. The first-order chi connectivity index (χ1) is 14.7. The summed E-state index contributed by atoms with van der Waals surface area (Å²) in [5, 5.41) is 10.5. The molecule has 1 aromatic heterocycles. The Morgan fingerprint density at radius 1 is 1.07 bits per heavy atom. The van der Waals surface area contributed by atoms with Crippen LogP contribution in [0.1, 0.15) is 22.4 Å². The molecule has 0 aliphatic carbocycles. The van der Waals surface area contributed by atoms with Crippen LogP contribution < -0.4 is 4.90 Å². The van der Waals surface area contributed by atoms with Gasteiger partial charge in [-0.05, 0) is 41.8 Å². The second-order valence-electron chi connectivity index (χ2n) is 7.83. The molecule has 1 unspecified atom stereocenters. The van der Waals surface area contributed by atoms with E-state index >= 15 is 0 Å². The normalized spacial score (nSPS) is 13.1. The molecule has 0 fully saturated rings. The van der Waals surface area contributed by atoms with Crippen LogP contribution in [0.15, 0.2) is 85.6 Å². The van der Waals surface area contributed by atoms with Crippen molar-refractivity contribution in [1.82, 2.24) is 4.57 Å². The number of hydrogen-bond donors (Lipinski definition) is 2. The third-order valence-corrected chi connectivity index (χ3v) is 5.34. The van der Waals surface area contributed by atoms with E-state index in [9.17, 15) is 5.11 Å². The number of quaternary nitrogens is 1. The summed E-state index contributed by atoms with van der Waals surface area (Å²) in [4.78, 5) is 1.27. The molecule has 158 valence electrons. The van der Waals surface area contributed by atoms with E-state index in [4.69, 9.17) is 4.74 Å². The van der Waals surface area contributed by atoms with Crippen LogP contribution in [0, 0.1) is 6.92 Å². The lowest BCUT2D eigenvalue weighted by Crippen LogP contribution is -3.11. The van der Waals surface area contributed by atoms with E-state index in [1.807, 2.05) is 36.4 Å². The topological polar surface area (TPSA) is 38.8 Å². The van der Waals surface area contributed by atoms with E-state index in [2.05, 4.69) is 60.7 Å². The van der Waals surface area contributed by atoms with Crippen LogP contribution >= 0.6 is 0 Å². The number of hydrogen-bond acceptors (Lipinski definition) is 2. The van der Waals surface area contributed by atoms with Crippen molar-refractivity contribution in [2.24, 2.45) is 0 Å². The van der Waals surface area contributed by atoms with Gasteiger partial charge in [-0.3, -0.25) is 0 Å². The second kappa shape index (κ2) is 11.5. The Morgan fingerprint density at radius 2 is 1.83 bits per heavy atom. The molecule has 0 aliphatic heterocycles. The zero-order valence-corrected chi connectivity index (χ0v) is 17.8. The van der Waals surface area contributed by atoms with Gasteiger partial charge >= 0.3 is 0 Å². The highest BCUT2D eigenvalue weighted by atomic mass is 16.5. The van der Waals surface area contributed by atoms with Gasteiger partial charge in [-0.2, -0.15) is 0 Å². The molecule has 2 N–H and O–H groups in total. The van der Waals surface area contributed by atoms with Crippen LogP contribution in [0.3, 0.4) is 0 Å². The van der Waals surface area contributed by atoms with Crippen LogP contribution in [0.25, 0.3) is 0 Å². The van der Waals surface area contributed by atoms with Gasteiger partial charge in [0, 0.05) is 12.7 Å². The summed E-state index contributed by atoms with van der Waals surface area (Å²) >= 11 is 0. The van der Waals surface area contributed by atoms with Gasteiger partial charge in [-0.15, -0.1) is 0 Å². The molecule has 3 aromatic rings. The fourth-order valence-corrected chi connectivity index (χ4v) is 3.70. The lowest BCUT2D eigenvalue weighted by molar-refractivity contribution is -0.911. The van der Waals surface area contributed by atoms with E-state index in [0.717, 1.165) is 25.2 Å². The van der Waals surface area contributed by atoms with Gasteiger partial charge in [-0.25, -0.2) is 0 Å². The summed E-state index contributed by atoms with van der Waals surface area (Å²) in [7, 11) is 0. The summed E-state index contributed by atoms with van der Waals surface area (Å²) in [6, 6.07) is 22.8. The molecule has 2 atom stereocenters. The second-order valence-corrected chi connectivity index (χ2v) is 7.83. The first-order valence-corrected chi connectivity index (χ1v) is 10.6. The molecular weight excluding hydrogens is 372 g/mol. The maximum atomic E-state index is 10.5. The molecule has 0 amide bonds. The molecule has 4 heteroatoms. The third kappa shape index (κ3) is 6.70. The van der Waals surface area contributed by atoms with Gasteiger partial charge in [-0.1, -0.05) is 61.2 Å². The van der Waals surface area contributed by atoms with Crippen molar-refractivity contribution in [2.45, 2.75) is 32.7 Å². The number of rotatable bonds is 12. The Morgan fingerprint density at radius 3 is 2.60 bits per heavy atom. The van der Waals surface area contributed by atoms with E-state index < -0.39 is 6.10 Å². The van der Waals surface area contributed by atoms with Gasteiger partial charge in [0.15, 0.2) is 0 Å². The average molecular weight is 406 g/mol. The van der Waals surface area contributed by atoms with Crippen molar-refractivity contribution in [1.29, 1.82) is 0 Å². The zero-order valence-electron chi connectivity index (χ0n) is 17.8. The van der Waals surface area contributed by atoms with Crippen LogP contribution in [0.2, 0.25) is 0 Å². The first kappa shape index (κ1) is 22.0. The number of aliphatic hydroxyl groups is 1. The SMILES string of the molecule is C=CC[NH+](Cc1cccn1Cc1ccccc1C)C[C@@H](O)COCc1ccccc1. The van der Waals surface area contributed by atoms with Crippen molar-refractivity contribution in [3.05, 3.63) is 108 Å². The van der Waals surface area contributed by atoms with Gasteiger partial charge in [0.1, 0.15) is 19.2 Å². The Balaban J connectivity index is 1.54. The minimum atomic E-state index is -0.511. The average Bonchev–Trinajstić information content (AvgIpc) is 3.17. The molecular formula is C26H33N2O2+. The molecule has 0 bridgehead atoms. The fourth-order valence-electron chi connectivity index (χ4n) is 3.70. The molecule has 0 saturated carbocycles. The number of ether oxygens (including phenoxy) is 1. The minimum Gasteiger partial charge on any atom is -0.385 e. The van der Waals surface area contributed by atoms with E-state index in [1.165, 1.54) is 21.7 Å². The number of aliphatic hydroxyl groups excluding tert-OH is 1. The summed E-state index contributed by atoms with van der Waals surface area (Å²) in [5.74, 6) is 0. The molecule has 4 nitrogen and oxygen atoms in total. The van der Waals surface area contributed by atoms with Crippen LogP contribution in [0.4, 0.5) is 0 Å². The van der Waals surface area contributed by atoms with Crippen molar-refractivity contribution in [3.63, 3.8) is 0 Å². The van der Waals surface area contributed by atoms with Crippen molar-refractivity contribution >= 4 is 0 Å². The van der Waals surface area contributed by atoms with Crippen molar-refractivity contribution < 1.29 is 14.7 Å². The van der Waals surface area contributed by atoms with Crippen molar-refractivity contribution in [2.75, 3.05) is 19.7 Å². The minimum absolute atomic E-state index is 0.333. The molecule has 3 rings (SSSR count). The monoisotopic (exact) mass is 405 g/mol. The smallest absolute Gasteiger partial charge is 0.126 e. The fraction of sp³-hybridized carbons (Fsp3) is 0.308. The largest absolute Gasteiger partial charge is 0.385 e. The molecule has 1 heterocycles. The van der Waals surface area contributed by atoms with Crippen molar-refractivity contribution in [3.8, 4) is 0 Å². The number of aromatic nitrogens is 1. The maximum absolute atomic E-state index is 10.5. The summed E-state index contributed by atoms with van der Waals surface area (Å²) in [6.07, 6.45) is 3.54. The van der Waals surface area contributed by atoms with Crippen LogP contribution in [0.5, 0.6) is 0 Å². The number of nitrogens with zero attached hydrogens (tertiary/aromatic N) is 1. The summed E-state index contributed by atoms with van der Waals surface area (Å²) in [5.41, 5.74) is 5.01. The number of benzene rings is 2. The summed E-state index contributed by atoms with van der Waals surface area (Å²) < 4.78 is 8.01. The molecule has 2 aromatic carbocycles. The van der Waals surface area contributed by atoms with E-state index in [-0.39, 0.29) is 0 Å². The van der Waals surface area contributed by atoms with Gasteiger partial charge < -0.3 is 19.3 Å². The molecule has 0 saturated heterocycles. The first-order valence-electron chi connectivity index (χ1n) is 10.6. The number of aryl methyl sites for hydroxylation is 1. The molecule has 0 spiro atoms. The van der Waals surface area contributed by atoms with Gasteiger partial charge in [0.2, 0.25) is 0 Å². The third-order valence-electron chi connectivity index (χ3n) is 5.34. The standard InChI is InChI=1S/C26H32N2O2/c1-3-15-27(19-26(29)21-30-20-23-11-5-4-6-12-23)18-25-14-9-16-28(25)17-24-13-8-7-10-22(24)2/h3-14,16,26,29H,1,15,17-21H2,2H3/p+1/t26-/m1/s1. The molecule has 0 aliphatic rings. The van der Waals surface area contributed by atoms with Crippen LogP contribution in [-0.2, 0) is 24.4 Å². The lowest BCUT2D eigenvalue weighted by atomic mass is 10.1. The zero-order chi connectivity index (χ0) is 21.2. The quantitative estimate of drug-likeness (QED) is 0.455. The molecule has 0 radical (unpaired) electrons. The van der Waals surface area contributed by atoms with Crippen LogP contribution in [-0.4, -0.2) is 35.5 Å².